The molecule has 2 aromatic carbocycles. The highest BCUT2D eigenvalue weighted by atomic mass is 32.2. The zero-order valence-electron chi connectivity index (χ0n) is 10.2. The van der Waals surface area contributed by atoms with Gasteiger partial charge in [-0.05, 0) is 42.0 Å². The Labute approximate surface area is 115 Å². The number of rotatable bonds is 1. The van der Waals surface area contributed by atoms with Crippen LogP contribution >= 0.6 is 0 Å². The van der Waals surface area contributed by atoms with Crippen LogP contribution in [0.5, 0.6) is 11.5 Å². The molecule has 0 aliphatic carbocycles. The summed E-state index contributed by atoms with van der Waals surface area (Å²) in [5.41, 5.74) is 1.39. The molecular formula is C14H11NO4S. The second kappa shape index (κ2) is 4.28. The maximum absolute atomic E-state index is 12.1. The molecule has 5 nitrogen and oxygen atoms in total. The highest BCUT2D eigenvalue weighted by Crippen LogP contribution is 2.39. The quantitative estimate of drug-likeness (QED) is 0.703. The molecule has 0 saturated heterocycles. The minimum Gasteiger partial charge on any atom is -0.508 e. The van der Waals surface area contributed by atoms with Gasteiger partial charge in [-0.3, -0.25) is 4.72 Å². The van der Waals surface area contributed by atoms with E-state index in [1.165, 1.54) is 36.4 Å². The van der Waals surface area contributed by atoms with Gasteiger partial charge in [-0.2, -0.15) is 0 Å². The smallest absolute Gasteiger partial charge is 0.262 e. The fourth-order valence-corrected chi connectivity index (χ4v) is 3.42. The molecule has 3 N–H and O–H groups in total. The van der Waals surface area contributed by atoms with Gasteiger partial charge in [0.2, 0.25) is 0 Å². The lowest BCUT2D eigenvalue weighted by Gasteiger charge is -2.00. The van der Waals surface area contributed by atoms with Crippen LogP contribution in [0.1, 0.15) is 11.1 Å². The van der Waals surface area contributed by atoms with E-state index in [0.717, 1.165) is 0 Å². The Morgan fingerprint density at radius 1 is 1.00 bits per heavy atom. The van der Waals surface area contributed by atoms with Crippen LogP contribution in [0.15, 0.2) is 42.5 Å². The molecule has 0 saturated carbocycles. The van der Waals surface area contributed by atoms with Gasteiger partial charge in [0, 0.05) is 5.56 Å². The lowest BCUT2D eigenvalue weighted by atomic mass is 10.1. The number of anilines is 1. The van der Waals surface area contributed by atoms with Crippen molar-refractivity contribution in [3.8, 4) is 11.5 Å². The van der Waals surface area contributed by atoms with Crippen molar-refractivity contribution in [1.29, 1.82) is 0 Å². The molecule has 1 heterocycles. The van der Waals surface area contributed by atoms with Gasteiger partial charge in [-0.1, -0.05) is 12.1 Å². The molecule has 2 aromatic rings. The number of nitrogens with one attached hydrogen (secondary N) is 1. The van der Waals surface area contributed by atoms with Gasteiger partial charge < -0.3 is 10.2 Å². The van der Waals surface area contributed by atoms with Gasteiger partial charge >= 0.3 is 0 Å². The van der Waals surface area contributed by atoms with Crippen LogP contribution in [-0.2, 0) is 10.0 Å². The van der Waals surface area contributed by atoms with Crippen molar-refractivity contribution in [2.24, 2.45) is 0 Å². The first-order valence-corrected chi connectivity index (χ1v) is 7.31. The molecule has 1 aliphatic rings. The van der Waals surface area contributed by atoms with E-state index >= 15 is 0 Å². The number of benzene rings is 2. The van der Waals surface area contributed by atoms with E-state index in [4.69, 9.17) is 0 Å². The van der Waals surface area contributed by atoms with Crippen LogP contribution < -0.4 is 4.72 Å². The molecule has 6 heteroatoms. The van der Waals surface area contributed by atoms with E-state index < -0.39 is 10.0 Å². The van der Waals surface area contributed by atoms with Gasteiger partial charge in [0.05, 0.1) is 10.6 Å². The summed E-state index contributed by atoms with van der Waals surface area (Å²) in [7, 11) is -3.66. The summed E-state index contributed by atoms with van der Waals surface area (Å²) >= 11 is 0. The van der Waals surface area contributed by atoms with E-state index in [0.29, 0.717) is 16.8 Å². The fraction of sp³-hybridized carbons (Fsp3) is 0. The zero-order chi connectivity index (χ0) is 14.3. The minimum absolute atomic E-state index is 0.00976. The van der Waals surface area contributed by atoms with Gasteiger partial charge in [0.1, 0.15) is 11.5 Å². The van der Waals surface area contributed by atoms with E-state index in [-0.39, 0.29) is 16.4 Å². The number of phenols is 2. The van der Waals surface area contributed by atoms with Crippen molar-refractivity contribution < 1.29 is 18.6 Å². The Morgan fingerprint density at radius 3 is 2.50 bits per heavy atom. The van der Waals surface area contributed by atoms with Crippen LogP contribution in [0.2, 0.25) is 0 Å². The average molecular weight is 289 g/mol. The average Bonchev–Trinajstić information content (AvgIpc) is 2.61. The van der Waals surface area contributed by atoms with Gasteiger partial charge in [0.15, 0.2) is 0 Å². The van der Waals surface area contributed by atoms with Crippen molar-refractivity contribution in [1.82, 2.24) is 0 Å². The molecule has 0 spiro atoms. The largest absolute Gasteiger partial charge is 0.508 e. The summed E-state index contributed by atoms with van der Waals surface area (Å²) in [6.07, 6.45) is 1.45. The summed E-state index contributed by atoms with van der Waals surface area (Å²) in [4.78, 5) is 0.0639. The van der Waals surface area contributed by atoms with Gasteiger partial charge in [-0.25, -0.2) is 8.42 Å². The van der Waals surface area contributed by atoms with Crippen molar-refractivity contribution in [2.45, 2.75) is 0 Å². The summed E-state index contributed by atoms with van der Waals surface area (Å²) in [5.74, 6) is 0.0447. The molecule has 0 bridgehead atoms. The summed E-state index contributed by atoms with van der Waals surface area (Å²) in [6.45, 7) is 0. The van der Waals surface area contributed by atoms with Crippen LogP contribution in [0.25, 0.3) is 11.0 Å². The Morgan fingerprint density at radius 2 is 1.75 bits per heavy atom. The Hall–Kier alpha value is -2.47. The Balaban J connectivity index is 2.20. The molecule has 0 aromatic heterocycles. The monoisotopic (exact) mass is 289 g/mol. The summed E-state index contributed by atoms with van der Waals surface area (Å²) in [5, 5.41) is 18.9. The van der Waals surface area contributed by atoms with Crippen LogP contribution in [0.3, 0.4) is 0 Å². The first-order valence-electron chi connectivity index (χ1n) is 5.83. The van der Waals surface area contributed by atoms with E-state index in [1.807, 2.05) is 0 Å². The maximum Gasteiger partial charge on any atom is 0.262 e. The zero-order valence-corrected chi connectivity index (χ0v) is 11.1. The standard InChI is InChI=1S/C14H11NO4S/c16-10-3-1-2-9(6-10)7-14-12-8-11(17)4-5-13(12)15-20(14,18)19/h1-8,15-17H. The molecule has 0 fully saturated rings. The number of fused-ring (bicyclic) bond motifs is 1. The lowest BCUT2D eigenvalue weighted by Crippen LogP contribution is -2.05. The number of phenolic OH excluding ortho intramolecular Hbond substituents is 2. The molecule has 20 heavy (non-hydrogen) atoms. The predicted molar refractivity (Wildman–Crippen MR) is 76.6 cm³/mol. The van der Waals surface area contributed by atoms with Gasteiger partial charge in [0.25, 0.3) is 10.0 Å². The summed E-state index contributed by atoms with van der Waals surface area (Å²) in [6, 6.07) is 10.6. The lowest BCUT2D eigenvalue weighted by molar-refractivity contribution is 0.474. The maximum atomic E-state index is 12.1. The minimum atomic E-state index is -3.66. The van der Waals surface area contributed by atoms with Gasteiger partial charge in [-0.15, -0.1) is 0 Å². The van der Waals surface area contributed by atoms with Crippen molar-refractivity contribution in [3.05, 3.63) is 53.6 Å². The van der Waals surface area contributed by atoms with Crippen molar-refractivity contribution in [2.75, 3.05) is 4.72 Å². The Kier molecular flexibility index (Phi) is 2.69. The second-order valence-electron chi connectivity index (χ2n) is 4.44. The topological polar surface area (TPSA) is 86.6 Å². The molecule has 3 rings (SSSR count). The van der Waals surface area contributed by atoms with Crippen LogP contribution in [0.4, 0.5) is 5.69 Å². The molecule has 0 amide bonds. The molecule has 0 radical (unpaired) electrons. The first kappa shape index (κ1) is 12.6. The van der Waals surface area contributed by atoms with Crippen LogP contribution in [-0.4, -0.2) is 18.6 Å². The highest BCUT2D eigenvalue weighted by Gasteiger charge is 2.30. The molecule has 1 aliphatic heterocycles. The third-order valence-corrected chi connectivity index (χ3v) is 4.38. The predicted octanol–water partition coefficient (Wildman–Crippen LogP) is 2.35. The molecule has 102 valence electrons. The Bertz CT molecular complexity index is 825. The SMILES string of the molecule is O=S1(=O)Nc2ccc(O)cc2C1=Cc1cccc(O)c1. The van der Waals surface area contributed by atoms with E-state index in [9.17, 15) is 18.6 Å². The third kappa shape index (κ3) is 2.10. The van der Waals surface area contributed by atoms with E-state index in [1.54, 1.807) is 12.1 Å². The number of hydrogen-bond acceptors (Lipinski definition) is 4. The molecule has 0 atom stereocenters. The number of aromatic hydroxyl groups is 2. The van der Waals surface area contributed by atoms with Crippen molar-refractivity contribution in [3.63, 3.8) is 0 Å². The second-order valence-corrected chi connectivity index (χ2v) is 6.09. The van der Waals surface area contributed by atoms with Crippen molar-refractivity contribution >= 4 is 26.7 Å². The van der Waals surface area contributed by atoms with Crippen LogP contribution in [0, 0.1) is 0 Å². The molecule has 0 unspecified atom stereocenters. The summed E-state index contributed by atoms with van der Waals surface area (Å²) < 4.78 is 26.6. The number of hydrogen-bond donors (Lipinski definition) is 3. The third-order valence-electron chi connectivity index (χ3n) is 2.97. The van der Waals surface area contributed by atoms with E-state index in [2.05, 4.69) is 4.72 Å². The number of sulfonamides is 1. The fourth-order valence-electron chi connectivity index (χ4n) is 2.09. The highest BCUT2D eigenvalue weighted by molar-refractivity contribution is 8.02. The molecular weight excluding hydrogens is 278 g/mol. The first-order chi connectivity index (χ1) is 9.45. The normalized spacial score (nSPS) is 17.7.